The summed E-state index contributed by atoms with van der Waals surface area (Å²) in [5, 5.41) is 17.0. The van der Waals surface area contributed by atoms with E-state index < -0.39 is 37.4 Å². The van der Waals surface area contributed by atoms with E-state index in [9.17, 15) is 18.0 Å². The molecule has 0 radical (unpaired) electrons. The van der Waals surface area contributed by atoms with Gasteiger partial charge in [0.15, 0.2) is 23.9 Å². The summed E-state index contributed by atoms with van der Waals surface area (Å²) in [6.07, 6.45) is -2.66. The molecule has 3 atom stereocenters. The number of anilines is 2. The largest absolute Gasteiger partial charge is 0.522 e. The van der Waals surface area contributed by atoms with Crippen molar-refractivity contribution >= 4 is 23.2 Å². The lowest BCUT2D eigenvalue weighted by molar-refractivity contribution is -0.330. The summed E-state index contributed by atoms with van der Waals surface area (Å²) in [5.74, 6) is 1.55. The lowest BCUT2D eigenvalue weighted by atomic mass is 9.50. The van der Waals surface area contributed by atoms with Crippen molar-refractivity contribution in [3.63, 3.8) is 0 Å². The maximum atomic E-state index is 15.2. The number of hydrogen-bond acceptors (Lipinski definition) is 8. The topological polar surface area (TPSA) is 128 Å². The van der Waals surface area contributed by atoms with Crippen LogP contribution in [0.15, 0.2) is 18.3 Å². The van der Waals surface area contributed by atoms with E-state index in [0.29, 0.717) is 28.8 Å². The molecule has 3 aromatic heterocycles. The van der Waals surface area contributed by atoms with Gasteiger partial charge >= 0.3 is 12.5 Å². The Kier molecular flexibility index (Phi) is 5.53. The molecule has 8 rings (SSSR count). The summed E-state index contributed by atoms with van der Waals surface area (Å²) in [5.41, 5.74) is 1.41. The Bertz CT molecular complexity index is 1400. The number of alkyl halides is 4. The Morgan fingerprint density at radius 3 is 2.74 bits per heavy atom. The number of nitrogens with one attached hydrogen (secondary N) is 3. The van der Waals surface area contributed by atoms with Gasteiger partial charge in [-0.2, -0.15) is 10.2 Å². The van der Waals surface area contributed by atoms with E-state index in [-0.39, 0.29) is 23.8 Å². The molecule has 4 saturated carbocycles. The van der Waals surface area contributed by atoms with E-state index in [1.165, 1.54) is 10.6 Å². The van der Waals surface area contributed by atoms with Gasteiger partial charge in [-0.15, -0.1) is 13.2 Å². The molecule has 11 nitrogen and oxygen atoms in total. The first-order chi connectivity index (χ1) is 18.6. The van der Waals surface area contributed by atoms with Gasteiger partial charge in [0.2, 0.25) is 0 Å². The van der Waals surface area contributed by atoms with Crippen LogP contribution in [-0.4, -0.2) is 61.7 Å². The first-order valence-electron chi connectivity index (χ1n) is 12.8. The highest BCUT2D eigenvalue weighted by Gasteiger charge is 2.58. The Labute approximate surface area is 218 Å². The van der Waals surface area contributed by atoms with Crippen molar-refractivity contribution in [2.45, 2.75) is 74.9 Å². The standard InChI is InChI=1S/C24H25F4N7O4/c25-19-17(39-22(36)31-23-5-11(6-23)7-23)10-37-20(19)14-4-18(33-32-14)30-21-16-3-13(9-38-24(26,27)28)34-35(16)8-15(29-21)12-1-2-12/h3-4,8,11-12,17,19-20H,1-2,5-7,9-10H2,(H,31,36)(H2,29,30,32,33)/t11?,17-,19+,20-,23?/m0/s1. The molecule has 4 heterocycles. The van der Waals surface area contributed by atoms with Gasteiger partial charge in [-0.05, 0) is 44.1 Å². The molecule has 1 saturated heterocycles. The highest BCUT2D eigenvalue weighted by atomic mass is 19.4. The van der Waals surface area contributed by atoms with Gasteiger partial charge in [0.1, 0.15) is 18.2 Å². The third kappa shape index (κ3) is 4.77. The summed E-state index contributed by atoms with van der Waals surface area (Å²) in [6.45, 7) is -0.837. The maximum Gasteiger partial charge on any atom is 0.522 e. The highest BCUT2D eigenvalue weighted by molar-refractivity contribution is 5.73. The molecule has 1 aliphatic heterocycles. The molecule has 39 heavy (non-hydrogen) atoms. The lowest BCUT2D eigenvalue weighted by Crippen LogP contribution is -2.68. The number of hydrogen-bond donors (Lipinski definition) is 3. The predicted octanol–water partition coefficient (Wildman–Crippen LogP) is 4.17. The molecule has 5 fully saturated rings. The van der Waals surface area contributed by atoms with Crippen LogP contribution in [0.4, 0.5) is 34.0 Å². The number of rotatable bonds is 8. The molecule has 0 spiro atoms. The molecule has 1 amide bonds. The van der Waals surface area contributed by atoms with E-state index in [1.54, 1.807) is 12.3 Å². The van der Waals surface area contributed by atoms with Gasteiger partial charge < -0.3 is 20.1 Å². The van der Waals surface area contributed by atoms with Crippen LogP contribution in [-0.2, 0) is 20.8 Å². The number of fused-ring (bicyclic) bond motifs is 1. The smallest absolute Gasteiger partial charge is 0.441 e. The van der Waals surface area contributed by atoms with E-state index in [2.05, 4.69) is 35.7 Å². The first kappa shape index (κ1) is 24.6. The molecule has 0 unspecified atom stereocenters. The molecule has 0 aromatic carbocycles. The number of carbonyl (C=O) groups is 1. The van der Waals surface area contributed by atoms with Crippen molar-refractivity contribution in [1.29, 1.82) is 0 Å². The fraction of sp³-hybridized carbons (Fsp3) is 0.583. The van der Waals surface area contributed by atoms with Crippen molar-refractivity contribution < 1.29 is 36.6 Å². The van der Waals surface area contributed by atoms with Gasteiger partial charge in [0.05, 0.1) is 29.9 Å². The number of aromatic nitrogens is 5. The van der Waals surface area contributed by atoms with Crippen molar-refractivity contribution in [3.05, 3.63) is 35.4 Å². The molecule has 3 N–H and O–H groups in total. The fourth-order valence-electron chi connectivity index (χ4n) is 5.58. The van der Waals surface area contributed by atoms with Crippen LogP contribution in [0.25, 0.3) is 5.52 Å². The Balaban J connectivity index is 1.05. The molecule has 208 valence electrons. The normalized spacial score (nSPS) is 29.6. The average molecular weight is 552 g/mol. The number of halogens is 4. The number of ether oxygens (including phenoxy) is 3. The molecule has 2 bridgehead atoms. The minimum absolute atomic E-state index is 0.0802. The summed E-state index contributed by atoms with van der Waals surface area (Å²) in [6, 6.07) is 3.00. The quantitative estimate of drug-likeness (QED) is 0.356. The zero-order valence-corrected chi connectivity index (χ0v) is 20.5. The first-order valence-corrected chi connectivity index (χ1v) is 12.8. The van der Waals surface area contributed by atoms with E-state index in [0.717, 1.165) is 37.8 Å². The maximum absolute atomic E-state index is 15.2. The van der Waals surface area contributed by atoms with Crippen molar-refractivity contribution in [3.8, 4) is 0 Å². The summed E-state index contributed by atoms with van der Waals surface area (Å²) in [4.78, 5) is 16.9. The van der Waals surface area contributed by atoms with Gasteiger partial charge in [-0.3, -0.25) is 9.84 Å². The summed E-state index contributed by atoms with van der Waals surface area (Å²) >= 11 is 0. The number of alkyl carbamates (subject to hydrolysis) is 1. The van der Waals surface area contributed by atoms with Crippen molar-refractivity contribution in [2.24, 2.45) is 5.92 Å². The molecule has 5 aliphatic rings. The van der Waals surface area contributed by atoms with Crippen LogP contribution in [0.3, 0.4) is 0 Å². The molecule has 15 heteroatoms. The second kappa shape index (κ2) is 8.78. The molecule has 4 aliphatic carbocycles. The Morgan fingerprint density at radius 2 is 2.05 bits per heavy atom. The number of aromatic amines is 1. The third-order valence-corrected chi connectivity index (χ3v) is 7.80. The van der Waals surface area contributed by atoms with Crippen LogP contribution >= 0.6 is 0 Å². The lowest BCUT2D eigenvalue weighted by Gasteiger charge is -2.61. The van der Waals surface area contributed by atoms with Gasteiger partial charge in [0, 0.05) is 17.5 Å². The zero-order chi connectivity index (χ0) is 26.9. The van der Waals surface area contributed by atoms with Crippen LogP contribution < -0.4 is 10.6 Å². The van der Waals surface area contributed by atoms with Gasteiger partial charge in [-0.25, -0.2) is 18.7 Å². The second-order valence-electron chi connectivity index (χ2n) is 10.8. The van der Waals surface area contributed by atoms with Gasteiger partial charge in [0.25, 0.3) is 0 Å². The van der Waals surface area contributed by atoms with Crippen LogP contribution in [0.5, 0.6) is 0 Å². The molecular formula is C24H25F4N7O4. The van der Waals surface area contributed by atoms with Crippen molar-refractivity contribution in [1.82, 2.24) is 30.1 Å². The van der Waals surface area contributed by atoms with Gasteiger partial charge in [-0.1, -0.05) is 0 Å². The number of amides is 1. The average Bonchev–Trinajstić information content (AvgIpc) is 3.27. The van der Waals surface area contributed by atoms with E-state index >= 15 is 4.39 Å². The second-order valence-corrected chi connectivity index (χ2v) is 10.8. The Hall–Kier alpha value is -3.46. The Morgan fingerprint density at radius 1 is 1.26 bits per heavy atom. The van der Waals surface area contributed by atoms with Crippen molar-refractivity contribution in [2.75, 3.05) is 11.9 Å². The minimum Gasteiger partial charge on any atom is -0.441 e. The van der Waals surface area contributed by atoms with Crippen LogP contribution in [0.2, 0.25) is 0 Å². The number of carbonyl (C=O) groups excluding carboxylic acids is 1. The monoisotopic (exact) mass is 551 g/mol. The van der Waals surface area contributed by atoms with Crippen LogP contribution in [0.1, 0.15) is 61.2 Å². The van der Waals surface area contributed by atoms with Crippen LogP contribution in [0, 0.1) is 5.92 Å². The number of nitrogens with zero attached hydrogens (tertiary/aromatic N) is 4. The number of H-pyrrole nitrogens is 1. The predicted molar refractivity (Wildman–Crippen MR) is 125 cm³/mol. The SMILES string of the molecule is O=C(NC12CC(C1)C2)O[C@H]1CO[C@@H](c2cc(Nc3nc(C4CC4)cn4nc(COC(F)(F)F)cc34)n[nH]2)[C@@H]1F. The molecular weight excluding hydrogens is 526 g/mol. The summed E-state index contributed by atoms with van der Waals surface area (Å²) < 4.78 is 69.0. The summed E-state index contributed by atoms with van der Waals surface area (Å²) in [7, 11) is 0. The third-order valence-electron chi connectivity index (χ3n) is 7.80. The van der Waals surface area contributed by atoms with E-state index in [4.69, 9.17) is 9.47 Å². The highest BCUT2D eigenvalue weighted by Crippen LogP contribution is 2.57. The molecule has 3 aromatic rings. The zero-order valence-electron chi connectivity index (χ0n) is 20.5. The van der Waals surface area contributed by atoms with E-state index in [1.807, 2.05) is 0 Å². The minimum atomic E-state index is -4.78. The fourth-order valence-corrected chi connectivity index (χ4v) is 5.58.